The highest BCUT2D eigenvalue weighted by atomic mass is 16.3. The lowest BCUT2D eigenvalue weighted by Crippen LogP contribution is -2.61. The van der Waals surface area contributed by atoms with Gasteiger partial charge in [-0.15, -0.1) is 10.2 Å². The van der Waals surface area contributed by atoms with Crippen LogP contribution in [0.3, 0.4) is 0 Å². The van der Waals surface area contributed by atoms with Gasteiger partial charge in [0.2, 0.25) is 0 Å². The predicted octanol–water partition coefficient (Wildman–Crippen LogP) is 3.08. The van der Waals surface area contributed by atoms with Crippen LogP contribution < -0.4 is 20.9 Å². The fraction of sp³-hybridized carbons (Fsp3) is 0.429. The van der Waals surface area contributed by atoms with Gasteiger partial charge in [0.05, 0.1) is 11.4 Å². The van der Waals surface area contributed by atoms with Gasteiger partial charge in [0, 0.05) is 69.1 Å². The molecular formula is C28H35N7O. The van der Waals surface area contributed by atoms with Crippen LogP contribution in [0.25, 0.3) is 11.3 Å². The minimum atomic E-state index is 0.199. The molecule has 2 bridgehead atoms. The number of rotatable bonds is 5. The Kier molecular flexibility index (Phi) is 6.37. The summed E-state index contributed by atoms with van der Waals surface area (Å²) in [4.78, 5) is 7.58. The monoisotopic (exact) mass is 485 g/mol. The van der Waals surface area contributed by atoms with Crippen molar-refractivity contribution in [3.8, 4) is 17.0 Å². The fourth-order valence-electron chi connectivity index (χ4n) is 6.13. The molecule has 36 heavy (non-hydrogen) atoms. The number of piperazine rings is 2. The second-order valence-electron chi connectivity index (χ2n) is 10.3. The number of phenols is 1. The van der Waals surface area contributed by atoms with Crippen molar-refractivity contribution in [2.75, 3.05) is 54.8 Å². The fourth-order valence-corrected chi connectivity index (χ4v) is 6.13. The maximum absolute atomic E-state index is 10.3. The third-order valence-corrected chi connectivity index (χ3v) is 7.87. The number of nitrogen functional groups attached to an aromatic ring is 1. The molecule has 3 saturated heterocycles. The van der Waals surface area contributed by atoms with Gasteiger partial charge in [0.15, 0.2) is 5.82 Å². The van der Waals surface area contributed by atoms with Crippen LogP contribution >= 0.6 is 0 Å². The van der Waals surface area contributed by atoms with Crippen LogP contribution in [0.1, 0.15) is 24.8 Å². The molecule has 2 atom stereocenters. The van der Waals surface area contributed by atoms with E-state index in [-0.39, 0.29) is 5.75 Å². The Morgan fingerprint density at radius 1 is 0.944 bits per heavy atom. The summed E-state index contributed by atoms with van der Waals surface area (Å²) in [5.41, 5.74) is 11.3. The van der Waals surface area contributed by atoms with Gasteiger partial charge in [-0.3, -0.25) is 4.90 Å². The maximum Gasteiger partial charge on any atom is 0.169 e. The van der Waals surface area contributed by atoms with Gasteiger partial charge in [-0.25, -0.2) is 0 Å². The minimum Gasteiger partial charge on any atom is -0.507 e. The Hall–Kier alpha value is -3.36. The van der Waals surface area contributed by atoms with Gasteiger partial charge in [0.1, 0.15) is 5.75 Å². The first-order chi connectivity index (χ1) is 17.7. The smallest absolute Gasteiger partial charge is 0.169 e. The Morgan fingerprint density at radius 2 is 1.72 bits per heavy atom. The van der Waals surface area contributed by atoms with Gasteiger partial charge in [-0.1, -0.05) is 24.3 Å². The molecule has 0 radical (unpaired) electrons. The maximum atomic E-state index is 10.3. The van der Waals surface area contributed by atoms with Gasteiger partial charge in [-0.05, 0) is 55.2 Å². The Morgan fingerprint density at radius 3 is 2.50 bits per heavy atom. The summed E-state index contributed by atoms with van der Waals surface area (Å²) < 4.78 is 0. The largest absolute Gasteiger partial charge is 0.507 e. The van der Waals surface area contributed by atoms with Crippen LogP contribution in [0, 0.1) is 0 Å². The number of nitrogens with zero attached hydrogens (tertiary/aromatic N) is 5. The van der Waals surface area contributed by atoms with Gasteiger partial charge < -0.3 is 26.0 Å². The molecule has 4 heterocycles. The Bertz CT molecular complexity index is 1200. The normalized spacial score (nSPS) is 22.6. The van der Waals surface area contributed by atoms with E-state index in [1.165, 1.54) is 30.5 Å². The lowest BCUT2D eigenvalue weighted by atomic mass is 9.90. The number of nitrogens with one attached hydrogen (secondary N) is 1. The zero-order chi connectivity index (χ0) is 24.5. The molecule has 8 heteroatoms. The van der Waals surface area contributed by atoms with Gasteiger partial charge in [0.25, 0.3) is 0 Å². The lowest BCUT2D eigenvalue weighted by molar-refractivity contribution is 0.233. The zero-order valence-corrected chi connectivity index (χ0v) is 20.7. The van der Waals surface area contributed by atoms with Crippen molar-refractivity contribution in [1.29, 1.82) is 0 Å². The van der Waals surface area contributed by atoms with Crippen molar-refractivity contribution in [3.63, 3.8) is 0 Å². The molecule has 3 aromatic rings. The molecule has 4 N–H and O–H groups in total. The molecule has 1 aromatic heterocycles. The van der Waals surface area contributed by atoms with E-state index in [1.54, 1.807) is 6.07 Å². The van der Waals surface area contributed by atoms with E-state index in [1.807, 2.05) is 24.3 Å². The Labute approximate surface area is 212 Å². The first-order valence-corrected chi connectivity index (χ1v) is 13.1. The van der Waals surface area contributed by atoms with E-state index in [0.717, 1.165) is 51.5 Å². The summed E-state index contributed by atoms with van der Waals surface area (Å²) >= 11 is 0. The number of anilines is 3. The zero-order valence-electron chi connectivity index (χ0n) is 20.7. The van der Waals surface area contributed by atoms with E-state index < -0.39 is 0 Å². The van der Waals surface area contributed by atoms with Crippen LogP contribution in [-0.2, 0) is 6.54 Å². The van der Waals surface area contributed by atoms with Gasteiger partial charge >= 0.3 is 0 Å². The van der Waals surface area contributed by atoms with Crippen molar-refractivity contribution in [3.05, 3.63) is 60.2 Å². The number of aromatic nitrogens is 2. The number of phenolic OH excluding ortho intramolecular Hbond substituents is 1. The number of para-hydroxylation sites is 1. The summed E-state index contributed by atoms with van der Waals surface area (Å²) in [5.74, 6) is 0.642. The molecule has 2 aromatic carbocycles. The second kappa shape index (κ2) is 9.95. The summed E-state index contributed by atoms with van der Waals surface area (Å²) in [6, 6.07) is 19.2. The van der Waals surface area contributed by atoms with E-state index in [0.29, 0.717) is 29.2 Å². The van der Waals surface area contributed by atoms with Crippen LogP contribution in [0.5, 0.6) is 5.75 Å². The first kappa shape index (κ1) is 23.1. The quantitative estimate of drug-likeness (QED) is 0.508. The molecule has 0 saturated carbocycles. The summed E-state index contributed by atoms with van der Waals surface area (Å²) in [6.07, 6.45) is 3.59. The average molecular weight is 486 g/mol. The highest BCUT2D eigenvalue weighted by Crippen LogP contribution is 2.38. The number of benzene rings is 2. The molecule has 3 aliphatic heterocycles. The van der Waals surface area contributed by atoms with Crippen molar-refractivity contribution in [1.82, 2.24) is 20.4 Å². The lowest BCUT2D eigenvalue weighted by Gasteiger charge is -2.52. The number of nitrogens with two attached hydrogens (primary N) is 1. The van der Waals surface area contributed by atoms with Crippen LogP contribution in [0.4, 0.5) is 17.2 Å². The first-order valence-electron chi connectivity index (χ1n) is 13.1. The van der Waals surface area contributed by atoms with Crippen LogP contribution in [-0.4, -0.2) is 71.6 Å². The van der Waals surface area contributed by atoms with E-state index in [4.69, 9.17) is 5.73 Å². The third-order valence-electron chi connectivity index (χ3n) is 7.87. The van der Waals surface area contributed by atoms with Crippen LogP contribution in [0.15, 0.2) is 54.6 Å². The molecule has 0 spiro atoms. The molecule has 188 valence electrons. The highest BCUT2D eigenvalue weighted by Gasteiger charge is 2.38. The number of aromatic hydroxyl groups is 1. The number of piperidine rings is 1. The molecular weight excluding hydrogens is 450 g/mol. The van der Waals surface area contributed by atoms with Crippen molar-refractivity contribution < 1.29 is 5.11 Å². The number of fused-ring (bicyclic) bond motifs is 2. The predicted molar refractivity (Wildman–Crippen MR) is 144 cm³/mol. The third kappa shape index (κ3) is 4.58. The van der Waals surface area contributed by atoms with Gasteiger partial charge in [-0.2, -0.15) is 0 Å². The van der Waals surface area contributed by atoms with E-state index >= 15 is 0 Å². The van der Waals surface area contributed by atoms with Crippen molar-refractivity contribution in [2.24, 2.45) is 0 Å². The molecule has 6 rings (SSSR count). The van der Waals surface area contributed by atoms with E-state index in [9.17, 15) is 5.11 Å². The summed E-state index contributed by atoms with van der Waals surface area (Å²) in [5, 5.41) is 22.3. The number of hydrogen-bond acceptors (Lipinski definition) is 8. The standard InChI is InChI=1S/C28H35N7O/c29-28-26(16-25(31-32-28)24-9-1-2-10-27(24)36)34-18-22-7-4-8-23(19-34)35(22)21-6-3-5-20(15-21)17-33-13-11-30-12-14-33/h1-3,5-6,9-10,15-16,22-23,30,36H,4,7-8,11-14,17-19H2,(H2,29,32)/t22-,23+. The second-order valence-corrected chi connectivity index (χ2v) is 10.3. The van der Waals surface area contributed by atoms with Crippen molar-refractivity contribution in [2.45, 2.75) is 37.9 Å². The SMILES string of the molecule is Nc1nnc(-c2ccccc2O)cc1N1C[C@H]2CCC[C@@H](C1)N2c1cccc(CN2CCNCC2)c1. The molecule has 0 unspecified atom stereocenters. The number of hydrogen-bond donors (Lipinski definition) is 3. The van der Waals surface area contributed by atoms with E-state index in [2.05, 4.69) is 54.5 Å². The summed E-state index contributed by atoms with van der Waals surface area (Å²) in [6.45, 7) is 7.17. The highest BCUT2D eigenvalue weighted by molar-refractivity contribution is 5.74. The molecule has 0 aliphatic carbocycles. The average Bonchev–Trinajstić information content (AvgIpc) is 2.89. The molecule has 3 aliphatic rings. The van der Waals surface area contributed by atoms with Crippen LogP contribution in [0.2, 0.25) is 0 Å². The topological polar surface area (TPSA) is 93.8 Å². The molecule has 0 amide bonds. The minimum absolute atomic E-state index is 0.199. The molecule has 8 nitrogen and oxygen atoms in total. The Balaban J connectivity index is 1.24. The van der Waals surface area contributed by atoms with Crippen molar-refractivity contribution >= 4 is 17.2 Å². The summed E-state index contributed by atoms with van der Waals surface area (Å²) in [7, 11) is 0. The molecule has 3 fully saturated rings.